The fraction of sp³-hybridized carbons (Fsp3) is 0.444. The summed E-state index contributed by atoms with van der Waals surface area (Å²) in [5.41, 5.74) is -0.0662. The van der Waals surface area contributed by atoms with Crippen molar-refractivity contribution in [2.45, 2.75) is 38.4 Å². The highest BCUT2D eigenvalue weighted by Crippen LogP contribution is 2.42. The number of hydrogen-bond acceptors (Lipinski definition) is 9. The number of benzene rings is 1. The molecule has 0 spiro atoms. The predicted molar refractivity (Wildman–Crippen MR) is 93.5 cm³/mol. The van der Waals surface area contributed by atoms with Crippen LogP contribution in [0, 0.1) is 0 Å². The van der Waals surface area contributed by atoms with Gasteiger partial charge in [-0.15, -0.1) is 13.2 Å². The molecule has 0 aliphatic carbocycles. The third-order valence-electron chi connectivity index (χ3n) is 4.03. The lowest BCUT2D eigenvalue weighted by Gasteiger charge is -2.29. The van der Waals surface area contributed by atoms with Crippen LogP contribution in [0.5, 0.6) is 11.5 Å². The maximum absolute atomic E-state index is 13.5. The largest absolute Gasteiger partial charge is 0.573 e. The standard InChI is InChI=1S/C18H17F6NO8/c1-2-9-5-11(33-18(22,23)24)6-10-7-12(15(17(19,20)21)32-14(9)10)16(27)30-8-29-13(26)3-4-31-25-28/h5-7,15,25,28H,2-4,8H2,1H3/t15-/m0/s1. The number of alkyl halides is 6. The summed E-state index contributed by atoms with van der Waals surface area (Å²) in [6.07, 6.45) is -12.6. The lowest BCUT2D eigenvalue weighted by Crippen LogP contribution is -2.41. The zero-order valence-corrected chi connectivity index (χ0v) is 16.7. The Bertz CT molecular complexity index is 899. The molecule has 15 heteroatoms. The Balaban J connectivity index is 2.27. The van der Waals surface area contributed by atoms with Crippen molar-refractivity contribution in [1.82, 2.24) is 5.64 Å². The van der Waals surface area contributed by atoms with Crippen molar-refractivity contribution in [3.8, 4) is 11.5 Å². The number of carbonyl (C=O) groups is 2. The summed E-state index contributed by atoms with van der Waals surface area (Å²) in [7, 11) is 0. The molecule has 0 radical (unpaired) electrons. The van der Waals surface area contributed by atoms with Crippen LogP contribution in [-0.2, 0) is 30.3 Å². The van der Waals surface area contributed by atoms with Crippen LogP contribution < -0.4 is 15.1 Å². The van der Waals surface area contributed by atoms with Crippen LogP contribution in [0.25, 0.3) is 6.08 Å². The van der Waals surface area contributed by atoms with Gasteiger partial charge in [-0.1, -0.05) is 12.6 Å². The predicted octanol–water partition coefficient (Wildman–Crippen LogP) is 3.20. The third kappa shape index (κ3) is 7.50. The molecule has 0 fully saturated rings. The van der Waals surface area contributed by atoms with E-state index in [1.54, 1.807) is 0 Å². The van der Waals surface area contributed by atoms with Crippen molar-refractivity contribution in [2.24, 2.45) is 0 Å². The van der Waals surface area contributed by atoms with Gasteiger partial charge in [-0.05, 0) is 30.2 Å². The highest BCUT2D eigenvalue weighted by Gasteiger charge is 2.49. The van der Waals surface area contributed by atoms with Gasteiger partial charge in [0.15, 0.2) is 0 Å². The summed E-state index contributed by atoms with van der Waals surface area (Å²) in [4.78, 5) is 27.8. The van der Waals surface area contributed by atoms with E-state index in [-0.39, 0.29) is 29.9 Å². The zero-order chi connectivity index (χ0) is 24.8. The molecule has 2 N–H and O–H groups in total. The number of ether oxygens (including phenoxy) is 4. The van der Waals surface area contributed by atoms with Crippen LogP contribution in [0.3, 0.4) is 0 Å². The summed E-state index contributed by atoms with van der Waals surface area (Å²) in [6.45, 7) is 0.0934. The highest BCUT2D eigenvalue weighted by molar-refractivity contribution is 5.96. The molecule has 1 aromatic rings. The van der Waals surface area contributed by atoms with Gasteiger partial charge < -0.3 is 18.9 Å². The zero-order valence-electron chi connectivity index (χ0n) is 16.7. The van der Waals surface area contributed by atoms with E-state index >= 15 is 0 Å². The quantitative estimate of drug-likeness (QED) is 0.178. The molecule has 0 bridgehead atoms. The monoisotopic (exact) mass is 489 g/mol. The Kier molecular flexibility index (Phi) is 8.51. The molecule has 2 rings (SSSR count). The second-order valence-corrected chi connectivity index (χ2v) is 6.30. The molecule has 0 aromatic heterocycles. The van der Waals surface area contributed by atoms with Crippen LogP contribution in [0.1, 0.15) is 24.5 Å². The number of nitrogens with one attached hydrogen (secondary N) is 1. The fourth-order valence-corrected chi connectivity index (χ4v) is 2.71. The van der Waals surface area contributed by atoms with Crippen LogP contribution in [-0.4, -0.2) is 49.2 Å². The number of carbonyl (C=O) groups excluding carboxylic acids is 2. The van der Waals surface area contributed by atoms with Gasteiger partial charge in [0.2, 0.25) is 12.9 Å². The van der Waals surface area contributed by atoms with Crippen LogP contribution in [0.15, 0.2) is 17.7 Å². The summed E-state index contributed by atoms with van der Waals surface area (Å²) in [5, 5.41) is 8.17. The van der Waals surface area contributed by atoms with Gasteiger partial charge in [-0.25, -0.2) is 4.79 Å². The molecule has 9 nitrogen and oxygen atoms in total. The van der Waals surface area contributed by atoms with Gasteiger partial charge in [0, 0.05) is 5.56 Å². The lowest BCUT2D eigenvalue weighted by molar-refractivity contribution is -0.274. The summed E-state index contributed by atoms with van der Waals surface area (Å²) < 4.78 is 96.1. The van der Waals surface area contributed by atoms with Crippen molar-refractivity contribution in [3.63, 3.8) is 0 Å². The first-order chi connectivity index (χ1) is 15.4. The van der Waals surface area contributed by atoms with E-state index in [1.807, 2.05) is 0 Å². The molecule has 0 unspecified atom stereocenters. The Labute approximate surface area is 181 Å². The van der Waals surface area contributed by atoms with E-state index in [9.17, 15) is 35.9 Å². The molecule has 0 amide bonds. The van der Waals surface area contributed by atoms with Gasteiger partial charge in [-0.2, -0.15) is 13.2 Å². The number of halogens is 6. The summed E-state index contributed by atoms with van der Waals surface area (Å²) in [6, 6.07) is 1.64. The van der Waals surface area contributed by atoms with E-state index in [0.29, 0.717) is 6.08 Å². The average molecular weight is 489 g/mol. The van der Waals surface area contributed by atoms with E-state index in [1.165, 1.54) is 12.6 Å². The molecule has 1 atom stereocenters. The number of fused-ring (bicyclic) bond motifs is 1. The normalized spacial score (nSPS) is 15.8. The highest BCUT2D eigenvalue weighted by atomic mass is 19.4. The van der Waals surface area contributed by atoms with Crippen LogP contribution in [0.2, 0.25) is 0 Å². The van der Waals surface area contributed by atoms with Crippen molar-refractivity contribution in [2.75, 3.05) is 13.4 Å². The molecular weight excluding hydrogens is 472 g/mol. The van der Waals surface area contributed by atoms with Gasteiger partial charge in [0.05, 0.1) is 18.6 Å². The van der Waals surface area contributed by atoms with Gasteiger partial charge in [0.25, 0.3) is 0 Å². The molecule has 0 saturated carbocycles. The van der Waals surface area contributed by atoms with Crippen molar-refractivity contribution >= 4 is 18.0 Å². The first kappa shape index (κ1) is 26.2. The van der Waals surface area contributed by atoms with E-state index in [4.69, 9.17) is 9.94 Å². The van der Waals surface area contributed by atoms with E-state index in [0.717, 1.165) is 12.1 Å². The molecule has 33 heavy (non-hydrogen) atoms. The second-order valence-electron chi connectivity index (χ2n) is 6.30. The lowest BCUT2D eigenvalue weighted by atomic mass is 9.97. The maximum Gasteiger partial charge on any atom is 0.573 e. The molecule has 1 aromatic carbocycles. The van der Waals surface area contributed by atoms with Crippen LogP contribution in [0.4, 0.5) is 26.3 Å². The van der Waals surface area contributed by atoms with Gasteiger partial charge >= 0.3 is 24.5 Å². The average Bonchev–Trinajstić information content (AvgIpc) is 2.70. The first-order valence-electron chi connectivity index (χ1n) is 9.07. The van der Waals surface area contributed by atoms with E-state index < -0.39 is 55.1 Å². The molecule has 184 valence electrons. The summed E-state index contributed by atoms with van der Waals surface area (Å²) >= 11 is 0. The molecule has 1 heterocycles. The minimum Gasteiger partial charge on any atom is -0.475 e. The molecule has 1 aliphatic rings. The topological polar surface area (TPSA) is 113 Å². The number of hydrogen-bond donors (Lipinski definition) is 2. The van der Waals surface area contributed by atoms with Crippen molar-refractivity contribution < 1.29 is 64.9 Å². The SMILES string of the molecule is CCc1cc(OC(F)(F)F)cc2c1O[C@H](C(F)(F)F)C(C(=O)OCOC(=O)CCONO)=C2. The minimum absolute atomic E-state index is 0.00105. The fourth-order valence-electron chi connectivity index (χ4n) is 2.71. The van der Waals surface area contributed by atoms with E-state index in [2.05, 4.69) is 19.0 Å². The second kappa shape index (κ2) is 10.7. The number of esters is 2. The maximum atomic E-state index is 13.5. The smallest absolute Gasteiger partial charge is 0.475 e. The summed E-state index contributed by atoms with van der Waals surface area (Å²) in [5.74, 6) is -3.63. The Hall–Kier alpha value is -3.04. The molecule has 0 saturated heterocycles. The van der Waals surface area contributed by atoms with Crippen molar-refractivity contribution in [1.29, 1.82) is 0 Å². The molecule has 1 aliphatic heterocycles. The third-order valence-corrected chi connectivity index (χ3v) is 4.03. The first-order valence-corrected chi connectivity index (χ1v) is 9.07. The minimum atomic E-state index is -5.08. The number of aryl methyl sites for hydroxylation is 1. The van der Waals surface area contributed by atoms with Crippen LogP contribution >= 0.6 is 0 Å². The van der Waals surface area contributed by atoms with Crippen molar-refractivity contribution in [3.05, 3.63) is 28.8 Å². The number of rotatable bonds is 9. The Morgan fingerprint density at radius 3 is 2.42 bits per heavy atom. The van der Waals surface area contributed by atoms with Gasteiger partial charge in [0.1, 0.15) is 11.5 Å². The Morgan fingerprint density at radius 2 is 1.85 bits per heavy atom. The van der Waals surface area contributed by atoms with Gasteiger partial charge in [-0.3, -0.25) is 14.8 Å². The Morgan fingerprint density at radius 1 is 1.15 bits per heavy atom. The molecular formula is C18H17F6NO8.